The van der Waals surface area contributed by atoms with Crippen LogP contribution in [0.25, 0.3) is 21.7 Å². The number of nitrogens with zero attached hydrogens (tertiary/aromatic N) is 1. The Balaban J connectivity index is 1.85. The summed E-state index contributed by atoms with van der Waals surface area (Å²) < 4.78 is 27.6. The molecule has 1 atom stereocenters. The molecule has 2 aromatic carbocycles. The van der Waals surface area contributed by atoms with Crippen LogP contribution in [0.4, 0.5) is 0 Å². The Bertz CT molecular complexity index is 1140. The molecule has 0 spiro atoms. The molecule has 4 rings (SSSR count). The zero-order chi connectivity index (χ0) is 18.3. The van der Waals surface area contributed by atoms with E-state index in [2.05, 4.69) is 4.98 Å². The fraction of sp³-hybridized carbons (Fsp3) is 0.316. The average Bonchev–Trinajstić information content (AvgIpc) is 2.68. The van der Waals surface area contributed by atoms with Crippen LogP contribution in [0.2, 0.25) is 0 Å². The number of aliphatic hydroxyl groups is 1. The van der Waals surface area contributed by atoms with Crippen molar-refractivity contribution < 1.29 is 13.5 Å². The molecular formula is C19H20N2O4S. The van der Waals surface area contributed by atoms with Crippen LogP contribution in [-0.2, 0) is 10.0 Å². The molecule has 1 saturated heterocycles. The number of H-pyrrole nitrogens is 1. The molecule has 1 fully saturated rings. The van der Waals surface area contributed by atoms with E-state index < -0.39 is 10.0 Å². The van der Waals surface area contributed by atoms with Crippen LogP contribution in [0.15, 0.2) is 52.2 Å². The summed E-state index contributed by atoms with van der Waals surface area (Å²) in [4.78, 5) is 15.2. The van der Waals surface area contributed by atoms with E-state index in [1.807, 2.05) is 12.1 Å². The third kappa shape index (κ3) is 2.82. The SMILES string of the molecule is O=c1[nH]c2ccc(S(=O)(=O)N3CCCC(CO)C3)cc2c2ccccc12. The molecule has 0 bridgehead atoms. The molecule has 7 heteroatoms. The molecule has 1 aliphatic heterocycles. The number of rotatable bonds is 3. The van der Waals surface area contributed by atoms with Crippen molar-refractivity contribution in [2.24, 2.45) is 5.92 Å². The minimum Gasteiger partial charge on any atom is -0.396 e. The van der Waals surface area contributed by atoms with Gasteiger partial charge in [0.05, 0.1) is 4.90 Å². The van der Waals surface area contributed by atoms with Gasteiger partial charge >= 0.3 is 0 Å². The summed E-state index contributed by atoms with van der Waals surface area (Å²) in [5.41, 5.74) is 0.421. The Hall–Kier alpha value is -2.22. The summed E-state index contributed by atoms with van der Waals surface area (Å²) >= 11 is 0. The topological polar surface area (TPSA) is 90.5 Å². The first-order chi connectivity index (χ1) is 12.5. The number of sulfonamides is 1. The molecule has 26 heavy (non-hydrogen) atoms. The minimum atomic E-state index is -3.65. The number of nitrogens with one attached hydrogen (secondary N) is 1. The average molecular weight is 372 g/mol. The fourth-order valence-corrected chi connectivity index (χ4v) is 5.25. The summed E-state index contributed by atoms with van der Waals surface area (Å²) in [6.45, 7) is 0.794. The maximum absolute atomic E-state index is 13.1. The molecular weight excluding hydrogens is 352 g/mol. The molecule has 2 heterocycles. The molecule has 0 radical (unpaired) electrons. The summed E-state index contributed by atoms with van der Waals surface area (Å²) in [6.07, 6.45) is 1.58. The molecule has 2 N–H and O–H groups in total. The van der Waals surface area contributed by atoms with E-state index in [4.69, 9.17) is 0 Å². The summed E-state index contributed by atoms with van der Waals surface area (Å²) in [5.74, 6) is -0.0174. The number of pyridine rings is 1. The summed E-state index contributed by atoms with van der Waals surface area (Å²) in [6, 6.07) is 12.0. The maximum atomic E-state index is 13.1. The molecule has 0 saturated carbocycles. The maximum Gasteiger partial charge on any atom is 0.256 e. The number of piperidine rings is 1. The van der Waals surface area contributed by atoms with Crippen molar-refractivity contribution in [3.05, 3.63) is 52.8 Å². The van der Waals surface area contributed by atoms with E-state index in [-0.39, 0.29) is 23.0 Å². The van der Waals surface area contributed by atoms with Gasteiger partial charge in [-0.1, -0.05) is 18.2 Å². The summed E-state index contributed by atoms with van der Waals surface area (Å²) in [5, 5.41) is 11.3. The van der Waals surface area contributed by atoms with Gasteiger partial charge < -0.3 is 10.1 Å². The first kappa shape index (κ1) is 17.2. The molecule has 3 aromatic rings. The molecule has 1 unspecified atom stereocenters. The standard InChI is InChI=1S/C19H20N2O4S/c22-12-13-4-3-9-21(11-13)26(24,25)14-7-8-18-17(10-14)15-5-1-2-6-16(15)19(23)20-18/h1-2,5-8,10,13,22H,3-4,9,11-12H2,(H,20,23). The Morgan fingerprint density at radius 1 is 1.12 bits per heavy atom. The van der Waals surface area contributed by atoms with Crippen molar-refractivity contribution in [3.63, 3.8) is 0 Å². The Morgan fingerprint density at radius 3 is 2.65 bits per heavy atom. The molecule has 136 valence electrons. The minimum absolute atomic E-state index is 0.00435. The van der Waals surface area contributed by atoms with Gasteiger partial charge in [0.2, 0.25) is 10.0 Å². The molecule has 1 aromatic heterocycles. The second kappa shape index (κ2) is 6.50. The normalized spacial score (nSPS) is 19.2. The van der Waals surface area contributed by atoms with Gasteiger partial charge in [-0.15, -0.1) is 0 Å². The lowest BCUT2D eigenvalue weighted by Gasteiger charge is -2.31. The highest BCUT2D eigenvalue weighted by atomic mass is 32.2. The van der Waals surface area contributed by atoms with E-state index in [1.54, 1.807) is 24.3 Å². The third-order valence-electron chi connectivity index (χ3n) is 5.08. The first-order valence-corrected chi connectivity index (χ1v) is 10.1. The van der Waals surface area contributed by atoms with Crippen LogP contribution in [0.3, 0.4) is 0 Å². The van der Waals surface area contributed by atoms with Gasteiger partial charge in [-0.2, -0.15) is 4.31 Å². The molecule has 0 aliphatic carbocycles. The summed E-state index contributed by atoms with van der Waals surface area (Å²) in [7, 11) is -3.65. The first-order valence-electron chi connectivity index (χ1n) is 8.66. The van der Waals surface area contributed by atoms with Crippen LogP contribution < -0.4 is 5.56 Å². The van der Waals surface area contributed by atoms with Gasteiger partial charge in [0.1, 0.15) is 0 Å². The quantitative estimate of drug-likeness (QED) is 0.689. The van der Waals surface area contributed by atoms with E-state index >= 15 is 0 Å². The number of aliphatic hydroxyl groups excluding tert-OH is 1. The lowest BCUT2D eigenvalue weighted by molar-refractivity contribution is 0.165. The van der Waals surface area contributed by atoms with E-state index in [0.717, 1.165) is 18.2 Å². The van der Waals surface area contributed by atoms with Crippen molar-refractivity contribution in [2.75, 3.05) is 19.7 Å². The number of benzene rings is 2. The highest BCUT2D eigenvalue weighted by Crippen LogP contribution is 2.28. The van der Waals surface area contributed by atoms with E-state index in [0.29, 0.717) is 29.4 Å². The second-order valence-corrected chi connectivity index (χ2v) is 8.70. The van der Waals surface area contributed by atoms with E-state index in [1.165, 1.54) is 10.4 Å². The fourth-order valence-electron chi connectivity index (χ4n) is 3.66. The monoisotopic (exact) mass is 372 g/mol. The number of hydrogen-bond donors (Lipinski definition) is 2. The number of aromatic amines is 1. The lowest BCUT2D eigenvalue weighted by atomic mass is 10.0. The Morgan fingerprint density at radius 2 is 1.88 bits per heavy atom. The predicted molar refractivity (Wildman–Crippen MR) is 101 cm³/mol. The highest BCUT2D eigenvalue weighted by Gasteiger charge is 2.30. The predicted octanol–water partition coefficient (Wildman–Crippen LogP) is 2.07. The van der Waals surface area contributed by atoms with E-state index in [9.17, 15) is 18.3 Å². The van der Waals surface area contributed by atoms with Gasteiger partial charge in [0.25, 0.3) is 5.56 Å². The van der Waals surface area contributed by atoms with Crippen molar-refractivity contribution in [3.8, 4) is 0 Å². The van der Waals surface area contributed by atoms with Crippen LogP contribution in [-0.4, -0.2) is 42.5 Å². The van der Waals surface area contributed by atoms with Gasteiger partial charge in [-0.25, -0.2) is 8.42 Å². The zero-order valence-electron chi connectivity index (χ0n) is 14.2. The number of aromatic nitrogens is 1. The number of fused-ring (bicyclic) bond motifs is 3. The van der Waals surface area contributed by atoms with Gasteiger partial charge in [-0.05, 0) is 48.4 Å². The Labute approximate surface area is 151 Å². The van der Waals surface area contributed by atoms with Crippen molar-refractivity contribution in [2.45, 2.75) is 17.7 Å². The van der Waals surface area contributed by atoms with Crippen LogP contribution in [0.5, 0.6) is 0 Å². The smallest absolute Gasteiger partial charge is 0.256 e. The van der Waals surface area contributed by atoms with Crippen molar-refractivity contribution in [1.82, 2.24) is 9.29 Å². The third-order valence-corrected chi connectivity index (χ3v) is 6.94. The zero-order valence-corrected chi connectivity index (χ0v) is 15.0. The van der Waals surface area contributed by atoms with Gasteiger partial charge in [-0.3, -0.25) is 4.79 Å². The van der Waals surface area contributed by atoms with Crippen LogP contribution in [0, 0.1) is 5.92 Å². The van der Waals surface area contributed by atoms with Crippen LogP contribution >= 0.6 is 0 Å². The second-order valence-electron chi connectivity index (χ2n) is 6.76. The molecule has 0 amide bonds. The Kier molecular flexibility index (Phi) is 4.30. The molecule has 1 aliphatic rings. The van der Waals surface area contributed by atoms with Crippen molar-refractivity contribution >= 4 is 31.7 Å². The largest absolute Gasteiger partial charge is 0.396 e. The van der Waals surface area contributed by atoms with Gasteiger partial charge in [0.15, 0.2) is 0 Å². The highest BCUT2D eigenvalue weighted by molar-refractivity contribution is 7.89. The van der Waals surface area contributed by atoms with Crippen LogP contribution in [0.1, 0.15) is 12.8 Å². The molecule has 6 nitrogen and oxygen atoms in total. The van der Waals surface area contributed by atoms with Gasteiger partial charge in [0, 0.05) is 36.0 Å². The number of hydrogen-bond acceptors (Lipinski definition) is 4. The van der Waals surface area contributed by atoms with Crippen molar-refractivity contribution in [1.29, 1.82) is 0 Å². The lowest BCUT2D eigenvalue weighted by Crippen LogP contribution is -2.40.